The van der Waals surface area contributed by atoms with Crippen LogP contribution in [-0.4, -0.2) is 66.7 Å². The minimum absolute atomic E-state index is 0.0192. The SMILES string of the molecule is CN(CC#Cc1cccc2c1n(C)c(=O)n2C1CCC(=O)NC1=O)C[C@H]1CC[C@H](n2cc3cc(NC(=O)c4cccc(C(F)(F)F)n4)c(C(F)F)cc3n2)CC1. The number of imide groups is 1. The molecule has 1 atom stereocenters. The third-order valence-corrected chi connectivity index (χ3v) is 10.4. The Morgan fingerprint density at radius 2 is 1.80 bits per heavy atom. The van der Waals surface area contributed by atoms with E-state index in [2.05, 4.69) is 37.5 Å². The number of rotatable bonds is 8. The summed E-state index contributed by atoms with van der Waals surface area (Å²) in [5, 5.41) is 9.68. The molecule has 1 aliphatic heterocycles. The van der Waals surface area contributed by atoms with Gasteiger partial charge < -0.3 is 5.32 Å². The highest BCUT2D eigenvalue weighted by atomic mass is 19.4. The van der Waals surface area contributed by atoms with Gasteiger partial charge in [0, 0.05) is 37.2 Å². The summed E-state index contributed by atoms with van der Waals surface area (Å²) in [7, 11) is 3.62. The van der Waals surface area contributed by atoms with E-state index in [0.717, 1.165) is 44.4 Å². The number of anilines is 1. The normalized spacial score (nSPS) is 19.1. The molecule has 7 rings (SSSR count). The molecule has 4 heterocycles. The molecule has 1 aliphatic carbocycles. The van der Waals surface area contributed by atoms with Crippen molar-refractivity contribution < 1.29 is 36.3 Å². The Kier molecular flexibility index (Phi) is 10.5. The van der Waals surface area contributed by atoms with Crippen LogP contribution < -0.4 is 16.3 Å². The van der Waals surface area contributed by atoms with E-state index in [0.29, 0.717) is 46.0 Å². The van der Waals surface area contributed by atoms with E-state index in [4.69, 9.17) is 0 Å². The molecule has 1 saturated heterocycles. The largest absolute Gasteiger partial charge is 0.433 e. The molecule has 0 bridgehead atoms. The Hall–Kier alpha value is -5.89. The number of aromatic nitrogens is 5. The molecule has 2 N–H and O–H groups in total. The van der Waals surface area contributed by atoms with Gasteiger partial charge in [-0.05, 0) is 81.5 Å². The first-order chi connectivity index (χ1) is 26.7. The molecule has 12 nitrogen and oxygen atoms in total. The number of benzene rings is 2. The van der Waals surface area contributed by atoms with Crippen molar-refractivity contribution in [1.29, 1.82) is 0 Å². The number of carbonyl (C=O) groups is 3. The number of pyridine rings is 1. The number of carbonyl (C=O) groups excluding carboxylic acids is 3. The molecule has 2 aliphatic rings. The fraction of sp³-hybridized carbons (Fsp3) is 0.385. The molecule has 0 radical (unpaired) electrons. The van der Waals surface area contributed by atoms with Gasteiger partial charge in [-0.1, -0.05) is 24.0 Å². The second-order valence-corrected chi connectivity index (χ2v) is 14.3. The lowest BCUT2D eigenvalue weighted by atomic mass is 9.86. The molecular formula is C39H37F5N8O4. The topological polar surface area (TPSA) is 136 Å². The number of nitrogens with zero attached hydrogens (tertiary/aromatic N) is 6. The third kappa shape index (κ3) is 7.79. The summed E-state index contributed by atoms with van der Waals surface area (Å²) in [4.78, 5) is 55.7. The second kappa shape index (κ2) is 15.3. The Morgan fingerprint density at radius 3 is 2.52 bits per heavy atom. The quantitative estimate of drug-likeness (QED) is 0.112. The average molecular weight is 777 g/mol. The maximum absolute atomic E-state index is 14.1. The van der Waals surface area contributed by atoms with Gasteiger partial charge in [0.2, 0.25) is 11.8 Å². The zero-order valence-electron chi connectivity index (χ0n) is 30.4. The van der Waals surface area contributed by atoms with E-state index in [1.165, 1.54) is 21.3 Å². The van der Waals surface area contributed by atoms with Gasteiger partial charge in [-0.3, -0.25) is 38.4 Å². The first kappa shape index (κ1) is 38.4. The van der Waals surface area contributed by atoms with Crippen LogP contribution >= 0.6 is 0 Å². The summed E-state index contributed by atoms with van der Waals surface area (Å²) in [5.41, 5.74) is -0.801. The zero-order valence-corrected chi connectivity index (χ0v) is 30.4. The zero-order chi connectivity index (χ0) is 39.9. The lowest BCUT2D eigenvalue weighted by Gasteiger charge is -2.30. The van der Waals surface area contributed by atoms with Crippen molar-refractivity contribution in [2.24, 2.45) is 13.0 Å². The number of hydrogen-bond acceptors (Lipinski definition) is 7. The van der Waals surface area contributed by atoms with Gasteiger partial charge in [0.15, 0.2) is 0 Å². The van der Waals surface area contributed by atoms with Crippen LogP contribution in [0.15, 0.2) is 59.5 Å². The van der Waals surface area contributed by atoms with Crippen LogP contribution in [0.5, 0.6) is 0 Å². The third-order valence-electron chi connectivity index (χ3n) is 10.4. The number of nitrogens with one attached hydrogen (secondary N) is 2. The van der Waals surface area contributed by atoms with Crippen LogP contribution in [0, 0.1) is 17.8 Å². The molecule has 3 amide bonds. The minimum atomic E-state index is -4.78. The first-order valence-electron chi connectivity index (χ1n) is 18.1. The summed E-state index contributed by atoms with van der Waals surface area (Å²) in [6.07, 6.45) is -2.27. The number of fused-ring (bicyclic) bond motifs is 2. The predicted molar refractivity (Wildman–Crippen MR) is 196 cm³/mol. The molecule has 2 fully saturated rings. The molecule has 0 spiro atoms. The van der Waals surface area contributed by atoms with Crippen LogP contribution in [0.25, 0.3) is 21.9 Å². The smallest absolute Gasteiger partial charge is 0.320 e. The van der Waals surface area contributed by atoms with Crippen molar-refractivity contribution in [2.75, 3.05) is 25.5 Å². The number of hydrogen-bond donors (Lipinski definition) is 2. The number of para-hydroxylation sites is 1. The van der Waals surface area contributed by atoms with Crippen LogP contribution in [0.4, 0.5) is 27.6 Å². The number of imidazole rings is 1. The maximum Gasteiger partial charge on any atom is 0.433 e. The van der Waals surface area contributed by atoms with Gasteiger partial charge in [-0.15, -0.1) is 0 Å². The van der Waals surface area contributed by atoms with Gasteiger partial charge in [0.1, 0.15) is 17.4 Å². The first-order valence-corrected chi connectivity index (χ1v) is 18.1. The van der Waals surface area contributed by atoms with Gasteiger partial charge >= 0.3 is 11.9 Å². The maximum atomic E-state index is 14.1. The van der Waals surface area contributed by atoms with Crippen molar-refractivity contribution >= 4 is 45.3 Å². The van der Waals surface area contributed by atoms with Gasteiger partial charge in [0.25, 0.3) is 12.3 Å². The molecule has 1 saturated carbocycles. The standard InChI is InChI=1S/C39H37F5N8O4/c1-49(17-5-7-23-6-3-9-30-34(23)50(2)38(56)52(30)31-15-16-33(53)47-37(31)55)20-22-11-13-25(14-12-22)51-21-24-18-29(26(35(40)41)19-28(24)48-51)46-36(54)27-8-4-10-32(45-27)39(42,43)44/h3-4,6,8-10,18-19,21-22,25,31,35H,11-17,20H2,1-2H3,(H,46,54)(H,47,53,55)/t22-,25-,31?. The van der Waals surface area contributed by atoms with E-state index in [-0.39, 0.29) is 36.2 Å². The highest BCUT2D eigenvalue weighted by Gasteiger charge is 2.34. The number of alkyl halides is 5. The van der Waals surface area contributed by atoms with Crippen molar-refractivity contribution in [3.63, 3.8) is 0 Å². The molecule has 17 heteroatoms. The van der Waals surface area contributed by atoms with Crippen molar-refractivity contribution in [3.8, 4) is 11.8 Å². The summed E-state index contributed by atoms with van der Waals surface area (Å²) in [5.74, 6) is 4.88. The minimum Gasteiger partial charge on any atom is -0.320 e. The fourth-order valence-electron chi connectivity index (χ4n) is 7.62. The number of halogens is 5. The van der Waals surface area contributed by atoms with E-state index < -0.39 is 47.4 Å². The Bertz CT molecular complexity index is 2470. The van der Waals surface area contributed by atoms with Crippen LogP contribution in [-0.2, 0) is 22.8 Å². The molecule has 56 heavy (non-hydrogen) atoms. The molecule has 5 aromatic rings. The predicted octanol–water partition coefficient (Wildman–Crippen LogP) is 5.99. The number of amides is 3. The average Bonchev–Trinajstić information content (AvgIpc) is 3.69. The van der Waals surface area contributed by atoms with Gasteiger partial charge in [0.05, 0.1) is 40.4 Å². The van der Waals surface area contributed by atoms with E-state index in [1.807, 2.05) is 13.1 Å². The van der Waals surface area contributed by atoms with Crippen molar-refractivity contribution in [3.05, 3.63) is 87.7 Å². The summed E-state index contributed by atoms with van der Waals surface area (Å²) >= 11 is 0. The van der Waals surface area contributed by atoms with Crippen molar-refractivity contribution in [1.82, 2.24) is 34.1 Å². The lowest BCUT2D eigenvalue weighted by Crippen LogP contribution is -2.44. The van der Waals surface area contributed by atoms with Crippen LogP contribution in [0.3, 0.4) is 0 Å². The van der Waals surface area contributed by atoms with Crippen LogP contribution in [0.1, 0.15) is 84.3 Å². The highest BCUT2D eigenvalue weighted by molar-refractivity contribution is 6.04. The lowest BCUT2D eigenvalue weighted by molar-refractivity contribution is -0.141. The van der Waals surface area contributed by atoms with Gasteiger partial charge in [-0.2, -0.15) is 18.3 Å². The van der Waals surface area contributed by atoms with E-state index in [1.54, 1.807) is 30.1 Å². The number of aryl methyl sites for hydroxylation is 1. The van der Waals surface area contributed by atoms with Crippen molar-refractivity contribution in [2.45, 2.75) is 63.2 Å². The summed E-state index contributed by atoms with van der Waals surface area (Å²) < 4.78 is 72.2. The molecule has 1 unspecified atom stereocenters. The van der Waals surface area contributed by atoms with E-state index in [9.17, 15) is 41.1 Å². The summed E-state index contributed by atoms with van der Waals surface area (Å²) in [6.45, 7) is 1.26. The van der Waals surface area contributed by atoms with E-state index >= 15 is 0 Å². The monoisotopic (exact) mass is 776 g/mol. The molecule has 2 aromatic carbocycles. The molecule has 3 aromatic heterocycles. The Morgan fingerprint density at radius 1 is 1.05 bits per heavy atom. The Labute approximate surface area is 316 Å². The molecular weight excluding hydrogens is 739 g/mol. The molecule has 292 valence electrons. The Balaban J connectivity index is 0.977. The number of piperidine rings is 1. The fourth-order valence-corrected chi connectivity index (χ4v) is 7.62. The second-order valence-electron chi connectivity index (χ2n) is 14.3. The van der Waals surface area contributed by atoms with Crippen LogP contribution in [0.2, 0.25) is 0 Å². The highest BCUT2D eigenvalue weighted by Crippen LogP contribution is 2.36. The van der Waals surface area contributed by atoms with Gasteiger partial charge in [-0.25, -0.2) is 18.6 Å². The summed E-state index contributed by atoms with van der Waals surface area (Å²) in [6, 6.07) is 9.96.